The van der Waals surface area contributed by atoms with Crippen LogP contribution in [0, 0.1) is 17.2 Å². The third-order valence-corrected chi connectivity index (χ3v) is 3.94. The summed E-state index contributed by atoms with van der Waals surface area (Å²) >= 11 is 0. The molecule has 2 aliphatic carbocycles. The van der Waals surface area contributed by atoms with Crippen LogP contribution in [0.5, 0.6) is 0 Å². The summed E-state index contributed by atoms with van der Waals surface area (Å²) in [6.07, 6.45) is 12.1. The Balaban J connectivity index is 1.87. The second-order valence-electron chi connectivity index (χ2n) is 4.84. The standard InChI is InChI=1S/C12H21N/c13-12-7-3-6-11(8-9-12)10-4-1-2-5-10/h10-11,13H,1-9H2. The molecular formula is C12H21N. The van der Waals surface area contributed by atoms with Crippen molar-refractivity contribution in [3.05, 3.63) is 0 Å². The third kappa shape index (κ3) is 2.32. The number of rotatable bonds is 1. The van der Waals surface area contributed by atoms with E-state index in [4.69, 9.17) is 5.41 Å². The van der Waals surface area contributed by atoms with E-state index in [2.05, 4.69) is 0 Å². The Morgan fingerprint density at radius 1 is 0.769 bits per heavy atom. The Bertz CT molecular complexity index is 180. The molecule has 1 atom stereocenters. The zero-order valence-electron chi connectivity index (χ0n) is 8.52. The van der Waals surface area contributed by atoms with Crippen molar-refractivity contribution in [1.82, 2.24) is 0 Å². The first kappa shape index (κ1) is 9.23. The van der Waals surface area contributed by atoms with Gasteiger partial charge in [0.25, 0.3) is 0 Å². The fraction of sp³-hybridized carbons (Fsp3) is 0.917. The average Bonchev–Trinajstić information content (AvgIpc) is 2.56. The highest BCUT2D eigenvalue weighted by atomic mass is 14.4. The lowest BCUT2D eigenvalue weighted by molar-refractivity contribution is 0.306. The van der Waals surface area contributed by atoms with E-state index in [1.165, 1.54) is 44.9 Å². The molecule has 0 bridgehead atoms. The van der Waals surface area contributed by atoms with Crippen molar-refractivity contribution in [3.63, 3.8) is 0 Å². The molecule has 0 heterocycles. The molecule has 2 saturated carbocycles. The molecule has 0 saturated heterocycles. The summed E-state index contributed by atoms with van der Waals surface area (Å²) in [6.45, 7) is 0. The van der Waals surface area contributed by atoms with Crippen LogP contribution in [-0.2, 0) is 0 Å². The molecule has 1 heteroatoms. The minimum Gasteiger partial charge on any atom is -0.310 e. The number of hydrogen-bond donors (Lipinski definition) is 1. The molecule has 0 aromatic heterocycles. The highest BCUT2D eigenvalue weighted by molar-refractivity contribution is 5.81. The summed E-state index contributed by atoms with van der Waals surface area (Å²) in [7, 11) is 0. The number of hydrogen-bond acceptors (Lipinski definition) is 1. The van der Waals surface area contributed by atoms with E-state index in [0.29, 0.717) is 0 Å². The fourth-order valence-corrected chi connectivity index (χ4v) is 3.11. The van der Waals surface area contributed by atoms with Crippen LogP contribution in [0.3, 0.4) is 0 Å². The molecule has 0 aliphatic heterocycles. The van der Waals surface area contributed by atoms with Gasteiger partial charge < -0.3 is 5.41 Å². The SMILES string of the molecule is N=C1CCCC(C2CCCC2)CC1. The van der Waals surface area contributed by atoms with Crippen molar-refractivity contribution in [2.45, 2.75) is 57.8 Å². The molecule has 0 radical (unpaired) electrons. The first-order valence-electron chi connectivity index (χ1n) is 5.92. The van der Waals surface area contributed by atoms with Gasteiger partial charge in [0.2, 0.25) is 0 Å². The number of nitrogens with one attached hydrogen (secondary N) is 1. The van der Waals surface area contributed by atoms with Crippen LogP contribution in [0.4, 0.5) is 0 Å². The lowest BCUT2D eigenvalue weighted by Gasteiger charge is -2.20. The predicted molar refractivity (Wildman–Crippen MR) is 56.3 cm³/mol. The van der Waals surface area contributed by atoms with Crippen molar-refractivity contribution in [2.75, 3.05) is 0 Å². The van der Waals surface area contributed by atoms with Crippen LogP contribution in [0.25, 0.3) is 0 Å². The molecule has 0 aromatic rings. The zero-order chi connectivity index (χ0) is 9.10. The first-order chi connectivity index (χ1) is 6.36. The average molecular weight is 179 g/mol. The molecule has 1 unspecified atom stereocenters. The van der Waals surface area contributed by atoms with Crippen molar-refractivity contribution in [1.29, 1.82) is 5.41 Å². The molecule has 13 heavy (non-hydrogen) atoms. The summed E-state index contributed by atoms with van der Waals surface area (Å²) in [6, 6.07) is 0. The Morgan fingerprint density at radius 2 is 1.38 bits per heavy atom. The monoisotopic (exact) mass is 179 g/mol. The minimum absolute atomic E-state index is 0.977. The van der Waals surface area contributed by atoms with Gasteiger partial charge in [-0.2, -0.15) is 0 Å². The fourth-order valence-electron chi connectivity index (χ4n) is 3.11. The smallest absolute Gasteiger partial charge is 0.00892 e. The van der Waals surface area contributed by atoms with Gasteiger partial charge >= 0.3 is 0 Å². The maximum absolute atomic E-state index is 7.69. The molecule has 74 valence electrons. The van der Waals surface area contributed by atoms with Crippen LogP contribution < -0.4 is 0 Å². The van der Waals surface area contributed by atoms with E-state index in [9.17, 15) is 0 Å². The van der Waals surface area contributed by atoms with Crippen LogP contribution >= 0.6 is 0 Å². The Labute approximate surface area is 81.4 Å². The van der Waals surface area contributed by atoms with E-state index in [1.807, 2.05) is 0 Å². The van der Waals surface area contributed by atoms with Crippen LogP contribution in [0.2, 0.25) is 0 Å². The molecule has 0 aromatic carbocycles. The van der Waals surface area contributed by atoms with Gasteiger partial charge in [-0.15, -0.1) is 0 Å². The van der Waals surface area contributed by atoms with E-state index < -0.39 is 0 Å². The molecule has 1 nitrogen and oxygen atoms in total. The highest BCUT2D eigenvalue weighted by Crippen LogP contribution is 2.37. The molecule has 2 aliphatic rings. The van der Waals surface area contributed by atoms with Crippen molar-refractivity contribution in [3.8, 4) is 0 Å². The first-order valence-corrected chi connectivity index (χ1v) is 5.92. The van der Waals surface area contributed by atoms with E-state index in [1.54, 1.807) is 0 Å². The second-order valence-corrected chi connectivity index (χ2v) is 4.84. The molecular weight excluding hydrogens is 158 g/mol. The van der Waals surface area contributed by atoms with Crippen molar-refractivity contribution >= 4 is 5.71 Å². The minimum atomic E-state index is 0.977. The predicted octanol–water partition coefficient (Wildman–Crippen LogP) is 3.78. The summed E-state index contributed by atoms with van der Waals surface area (Å²) in [4.78, 5) is 0. The van der Waals surface area contributed by atoms with E-state index in [-0.39, 0.29) is 0 Å². The van der Waals surface area contributed by atoms with Gasteiger partial charge in [0, 0.05) is 5.71 Å². The Kier molecular flexibility index (Phi) is 3.02. The van der Waals surface area contributed by atoms with Crippen LogP contribution in [0.1, 0.15) is 57.8 Å². The zero-order valence-corrected chi connectivity index (χ0v) is 8.52. The quantitative estimate of drug-likeness (QED) is 0.592. The molecule has 0 spiro atoms. The molecule has 2 rings (SSSR count). The van der Waals surface area contributed by atoms with Crippen molar-refractivity contribution < 1.29 is 0 Å². The van der Waals surface area contributed by atoms with Crippen LogP contribution in [0.15, 0.2) is 0 Å². The van der Waals surface area contributed by atoms with Gasteiger partial charge in [0.1, 0.15) is 0 Å². The van der Waals surface area contributed by atoms with Gasteiger partial charge in [-0.05, 0) is 43.9 Å². The third-order valence-electron chi connectivity index (χ3n) is 3.94. The van der Waals surface area contributed by atoms with Gasteiger partial charge in [-0.1, -0.05) is 25.7 Å². The second kappa shape index (κ2) is 4.26. The maximum atomic E-state index is 7.69. The molecule has 0 amide bonds. The highest BCUT2D eigenvalue weighted by Gasteiger charge is 2.26. The molecule has 1 N–H and O–H groups in total. The lowest BCUT2D eigenvalue weighted by Crippen LogP contribution is -2.10. The van der Waals surface area contributed by atoms with Gasteiger partial charge in [-0.25, -0.2) is 0 Å². The van der Waals surface area contributed by atoms with E-state index in [0.717, 1.165) is 30.4 Å². The topological polar surface area (TPSA) is 23.9 Å². The van der Waals surface area contributed by atoms with E-state index >= 15 is 0 Å². The van der Waals surface area contributed by atoms with Crippen molar-refractivity contribution in [2.24, 2.45) is 11.8 Å². The van der Waals surface area contributed by atoms with Gasteiger partial charge in [0.05, 0.1) is 0 Å². The normalized spacial score (nSPS) is 32.0. The lowest BCUT2D eigenvalue weighted by atomic mass is 9.85. The Morgan fingerprint density at radius 3 is 2.15 bits per heavy atom. The van der Waals surface area contributed by atoms with Gasteiger partial charge in [0.15, 0.2) is 0 Å². The largest absolute Gasteiger partial charge is 0.310 e. The maximum Gasteiger partial charge on any atom is 0.00892 e. The molecule has 2 fully saturated rings. The summed E-state index contributed by atoms with van der Waals surface area (Å²) in [5, 5.41) is 7.69. The van der Waals surface area contributed by atoms with Gasteiger partial charge in [-0.3, -0.25) is 0 Å². The summed E-state index contributed by atoms with van der Waals surface area (Å²) in [5.74, 6) is 2.01. The summed E-state index contributed by atoms with van der Waals surface area (Å²) in [5.41, 5.74) is 1.01. The van der Waals surface area contributed by atoms with Crippen LogP contribution in [-0.4, -0.2) is 5.71 Å². The Hall–Kier alpha value is -0.330. The summed E-state index contributed by atoms with van der Waals surface area (Å²) < 4.78 is 0.